The second-order valence-electron chi connectivity index (χ2n) is 6.44. The van der Waals surface area contributed by atoms with Gasteiger partial charge in [-0.25, -0.2) is 19.5 Å². The lowest BCUT2D eigenvalue weighted by molar-refractivity contribution is -0.116. The molecule has 0 saturated carbocycles. The van der Waals surface area contributed by atoms with Gasteiger partial charge in [0.25, 0.3) is 5.78 Å². The highest BCUT2D eigenvalue weighted by atomic mass is 16.1. The summed E-state index contributed by atoms with van der Waals surface area (Å²) in [6, 6.07) is 9.70. The van der Waals surface area contributed by atoms with Gasteiger partial charge in [-0.2, -0.15) is 10.1 Å². The van der Waals surface area contributed by atoms with Gasteiger partial charge in [-0.1, -0.05) is 30.3 Å². The molecule has 0 bridgehead atoms. The number of hydrogen-bond acceptors (Lipinski definition) is 6. The van der Waals surface area contributed by atoms with Crippen molar-refractivity contribution in [2.45, 2.75) is 26.7 Å². The molecule has 0 aliphatic rings. The van der Waals surface area contributed by atoms with Gasteiger partial charge in [0.15, 0.2) is 5.82 Å². The molecule has 4 rings (SSSR count). The quantitative estimate of drug-likeness (QED) is 0.578. The molecule has 1 aromatic carbocycles. The largest absolute Gasteiger partial charge is 0.323 e. The molecule has 0 unspecified atom stereocenters. The Hall–Kier alpha value is -3.68. The molecule has 0 radical (unpaired) electrons. The Morgan fingerprint density at radius 3 is 2.57 bits per heavy atom. The van der Waals surface area contributed by atoms with Crippen LogP contribution in [0.15, 0.2) is 49.1 Å². The molecule has 0 fully saturated rings. The van der Waals surface area contributed by atoms with E-state index in [4.69, 9.17) is 0 Å². The predicted molar refractivity (Wildman–Crippen MR) is 105 cm³/mol. The fourth-order valence-electron chi connectivity index (χ4n) is 3.11. The Bertz CT molecular complexity index is 1120. The van der Waals surface area contributed by atoms with E-state index in [2.05, 4.69) is 30.4 Å². The minimum atomic E-state index is -0.103. The summed E-state index contributed by atoms with van der Waals surface area (Å²) in [5, 5.41) is 7.02. The van der Waals surface area contributed by atoms with Crippen LogP contribution in [0, 0.1) is 13.8 Å². The number of hydrogen-bond donors (Lipinski definition) is 1. The van der Waals surface area contributed by atoms with Gasteiger partial charge >= 0.3 is 0 Å². The van der Waals surface area contributed by atoms with Crippen molar-refractivity contribution in [1.82, 2.24) is 29.5 Å². The molecule has 28 heavy (non-hydrogen) atoms. The van der Waals surface area contributed by atoms with Crippen molar-refractivity contribution in [2.75, 3.05) is 5.32 Å². The molecule has 0 spiro atoms. The van der Waals surface area contributed by atoms with Crippen molar-refractivity contribution in [3.8, 4) is 11.4 Å². The maximum absolute atomic E-state index is 12.4. The number of carbonyl (C=O) groups is 1. The van der Waals surface area contributed by atoms with Crippen LogP contribution in [0.5, 0.6) is 0 Å². The first-order valence-electron chi connectivity index (χ1n) is 8.95. The van der Waals surface area contributed by atoms with Crippen LogP contribution in [0.4, 0.5) is 5.69 Å². The van der Waals surface area contributed by atoms with E-state index >= 15 is 0 Å². The lowest BCUT2D eigenvalue weighted by Gasteiger charge is -2.10. The molecule has 3 heterocycles. The summed E-state index contributed by atoms with van der Waals surface area (Å²) in [6.45, 7) is 3.88. The first-order valence-corrected chi connectivity index (χ1v) is 8.95. The summed E-state index contributed by atoms with van der Waals surface area (Å²) in [5.74, 6) is 1.09. The van der Waals surface area contributed by atoms with Crippen LogP contribution in [-0.4, -0.2) is 35.5 Å². The fraction of sp³-hybridized carbons (Fsp3) is 0.200. The number of benzene rings is 1. The van der Waals surface area contributed by atoms with E-state index in [1.54, 1.807) is 16.9 Å². The van der Waals surface area contributed by atoms with Crippen molar-refractivity contribution in [3.05, 3.63) is 66.0 Å². The smallest absolute Gasteiger partial charge is 0.252 e. The van der Waals surface area contributed by atoms with Gasteiger partial charge in [-0.05, 0) is 25.8 Å². The Morgan fingerprint density at radius 1 is 1.07 bits per heavy atom. The van der Waals surface area contributed by atoms with E-state index in [0.29, 0.717) is 30.1 Å². The van der Waals surface area contributed by atoms with Crippen LogP contribution in [-0.2, 0) is 11.2 Å². The molecule has 3 aromatic heterocycles. The van der Waals surface area contributed by atoms with Crippen LogP contribution in [0.25, 0.3) is 17.2 Å². The summed E-state index contributed by atoms with van der Waals surface area (Å²) < 4.78 is 1.69. The molecular formula is C20H19N7O. The van der Waals surface area contributed by atoms with Crippen LogP contribution < -0.4 is 5.32 Å². The lowest BCUT2D eigenvalue weighted by atomic mass is 10.1. The van der Waals surface area contributed by atoms with Crippen molar-refractivity contribution in [3.63, 3.8) is 0 Å². The van der Waals surface area contributed by atoms with Gasteiger partial charge in [0.05, 0.1) is 18.1 Å². The Balaban J connectivity index is 1.41. The zero-order valence-corrected chi connectivity index (χ0v) is 15.6. The highest BCUT2D eigenvalue weighted by Crippen LogP contribution is 2.17. The van der Waals surface area contributed by atoms with Gasteiger partial charge in [0.1, 0.15) is 6.33 Å². The highest BCUT2D eigenvalue weighted by Gasteiger charge is 2.13. The molecule has 0 atom stereocenters. The van der Waals surface area contributed by atoms with Crippen molar-refractivity contribution >= 4 is 17.4 Å². The number of aromatic nitrogens is 6. The average molecular weight is 373 g/mol. The number of rotatable bonds is 5. The van der Waals surface area contributed by atoms with Crippen LogP contribution >= 0.6 is 0 Å². The molecule has 1 amide bonds. The first-order chi connectivity index (χ1) is 13.6. The predicted octanol–water partition coefficient (Wildman–Crippen LogP) is 2.77. The fourth-order valence-corrected chi connectivity index (χ4v) is 3.11. The number of carbonyl (C=O) groups excluding carboxylic acids is 1. The van der Waals surface area contributed by atoms with Gasteiger partial charge in [-0.15, -0.1) is 0 Å². The summed E-state index contributed by atoms with van der Waals surface area (Å²) in [5.41, 5.74) is 4.32. The van der Waals surface area contributed by atoms with E-state index in [0.717, 1.165) is 22.5 Å². The number of anilines is 1. The summed E-state index contributed by atoms with van der Waals surface area (Å²) in [4.78, 5) is 29.5. The minimum Gasteiger partial charge on any atom is -0.323 e. The summed E-state index contributed by atoms with van der Waals surface area (Å²) in [6.07, 6.45) is 5.60. The number of aryl methyl sites for hydroxylation is 2. The van der Waals surface area contributed by atoms with Crippen molar-refractivity contribution < 1.29 is 4.79 Å². The first kappa shape index (κ1) is 17.7. The normalized spacial score (nSPS) is 10.9. The van der Waals surface area contributed by atoms with Crippen molar-refractivity contribution in [1.29, 1.82) is 0 Å². The summed E-state index contributed by atoms with van der Waals surface area (Å²) in [7, 11) is 0. The molecule has 1 N–H and O–H groups in total. The molecule has 8 heteroatoms. The van der Waals surface area contributed by atoms with Gasteiger partial charge < -0.3 is 5.32 Å². The second-order valence-corrected chi connectivity index (χ2v) is 6.44. The van der Waals surface area contributed by atoms with E-state index in [-0.39, 0.29) is 5.91 Å². The maximum Gasteiger partial charge on any atom is 0.252 e. The average Bonchev–Trinajstić information content (AvgIpc) is 3.17. The number of fused-ring (bicyclic) bond motifs is 1. The van der Waals surface area contributed by atoms with E-state index in [1.807, 2.05) is 44.2 Å². The Kier molecular flexibility index (Phi) is 4.76. The van der Waals surface area contributed by atoms with Gasteiger partial charge in [0, 0.05) is 23.4 Å². The minimum absolute atomic E-state index is 0.103. The van der Waals surface area contributed by atoms with E-state index < -0.39 is 0 Å². The molecule has 0 aliphatic carbocycles. The third kappa shape index (κ3) is 3.57. The van der Waals surface area contributed by atoms with E-state index in [9.17, 15) is 4.79 Å². The van der Waals surface area contributed by atoms with Crippen molar-refractivity contribution in [2.24, 2.45) is 0 Å². The Morgan fingerprint density at radius 2 is 1.82 bits per heavy atom. The molecule has 8 nitrogen and oxygen atoms in total. The molecule has 140 valence electrons. The van der Waals surface area contributed by atoms with Gasteiger partial charge in [0.2, 0.25) is 5.91 Å². The second kappa shape index (κ2) is 7.51. The SMILES string of the molecule is Cc1nc2ncnn2c(C)c1CCC(=O)Nc1cnc(-c2ccccc2)nc1. The highest BCUT2D eigenvalue weighted by molar-refractivity contribution is 5.90. The Labute approximate surface area is 161 Å². The molecule has 4 aromatic rings. The molecule has 0 saturated heterocycles. The maximum atomic E-state index is 12.4. The third-order valence-corrected chi connectivity index (χ3v) is 4.56. The standard InChI is InChI=1S/C20H19N7O/c1-13-17(14(2)27-20(25-13)23-12-24-27)8-9-18(28)26-16-10-21-19(22-11-16)15-6-4-3-5-7-15/h3-7,10-12H,8-9H2,1-2H3,(H,26,28). The van der Waals surface area contributed by atoms with Crippen LogP contribution in [0.3, 0.4) is 0 Å². The zero-order valence-electron chi connectivity index (χ0n) is 15.6. The van der Waals surface area contributed by atoms with Crippen LogP contribution in [0.1, 0.15) is 23.4 Å². The van der Waals surface area contributed by atoms with E-state index in [1.165, 1.54) is 6.33 Å². The number of amides is 1. The van der Waals surface area contributed by atoms with Crippen LogP contribution in [0.2, 0.25) is 0 Å². The molecule has 0 aliphatic heterocycles. The third-order valence-electron chi connectivity index (χ3n) is 4.56. The monoisotopic (exact) mass is 373 g/mol. The molecular weight excluding hydrogens is 354 g/mol. The number of nitrogens with one attached hydrogen (secondary N) is 1. The summed E-state index contributed by atoms with van der Waals surface area (Å²) >= 11 is 0. The topological polar surface area (TPSA) is 98.0 Å². The zero-order chi connectivity index (χ0) is 19.5. The van der Waals surface area contributed by atoms with Gasteiger partial charge in [-0.3, -0.25) is 4.79 Å². The lowest BCUT2D eigenvalue weighted by Crippen LogP contribution is -2.14. The number of nitrogens with zero attached hydrogens (tertiary/aromatic N) is 6.